The second kappa shape index (κ2) is 7.88. The van der Waals surface area contributed by atoms with Gasteiger partial charge in [-0.2, -0.15) is 0 Å². The normalized spacial score (nSPS) is 16.7. The molecule has 1 unspecified atom stereocenters. The van der Waals surface area contributed by atoms with Gasteiger partial charge in [0.05, 0.1) is 17.0 Å². The number of nitrogens with one attached hydrogen (secondary N) is 2. The molecule has 3 aromatic rings. The lowest BCUT2D eigenvalue weighted by Gasteiger charge is -2.18. The molecule has 1 aromatic heterocycles. The maximum absolute atomic E-state index is 12.8. The summed E-state index contributed by atoms with van der Waals surface area (Å²) < 4.78 is 27.2. The van der Waals surface area contributed by atoms with Crippen molar-refractivity contribution in [3.63, 3.8) is 0 Å². The van der Waals surface area contributed by atoms with Crippen molar-refractivity contribution in [2.24, 2.45) is 0 Å². The molecule has 1 saturated heterocycles. The number of carbonyl (C=O) groups is 2. The number of aromatic nitrogens is 1. The molecule has 0 bridgehead atoms. The van der Waals surface area contributed by atoms with E-state index in [0.717, 1.165) is 5.56 Å². The van der Waals surface area contributed by atoms with E-state index < -0.39 is 16.1 Å². The Kier molecular flexibility index (Phi) is 5.27. The molecule has 1 aliphatic heterocycles. The van der Waals surface area contributed by atoms with Gasteiger partial charge in [0, 0.05) is 17.3 Å². The van der Waals surface area contributed by atoms with Crippen molar-refractivity contribution in [2.45, 2.75) is 24.3 Å². The number of hydrogen-bond donors (Lipinski definition) is 2. The van der Waals surface area contributed by atoms with E-state index in [1.54, 1.807) is 29.6 Å². The summed E-state index contributed by atoms with van der Waals surface area (Å²) in [5, 5.41) is 4.98. The number of benzene rings is 2. The van der Waals surface area contributed by atoms with Crippen LogP contribution in [0.25, 0.3) is 0 Å². The number of amides is 2. The Labute approximate surface area is 177 Å². The molecule has 2 heterocycles. The summed E-state index contributed by atoms with van der Waals surface area (Å²) in [5.74, 6) is -0.616. The molecule has 2 N–H and O–H groups in total. The molecule has 4 rings (SSSR count). The zero-order valence-electron chi connectivity index (χ0n) is 15.9. The van der Waals surface area contributed by atoms with E-state index >= 15 is 0 Å². The lowest BCUT2D eigenvalue weighted by Crippen LogP contribution is -2.35. The van der Waals surface area contributed by atoms with Gasteiger partial charge >= 0.3 is 0 Å². The van der Waals surface area contributed by atoms with Crippen molar-refractivity contribution in [3.8, 4) is 0 Å². The van der Waals surface area contributed by atoms with Crippen LogP contribution in [-0.2, 0) is 19.6 Å². The number of para-hydroxylation sites is 1. The fraction of sp³-hybridized carbons (Fsp3) is 0.150. The van der Waals surface area contributed by atoms with Crippen LogP contribution in [-0.4, -0.2) is 31.3 Å². The monoisotopic (exact) mass is 442 g/mol. The number of hydrogen-bond acceptors (Lipinski definition) is 7. The fourth-order valence-corrected chi connectivity index (χ4v) is 4.98. The first-order chi connectivity index (χ1) is 14.3. The molecule has 0 spiro atoms. The number of nitrogens with zero attached hydrogens (tertiary/aromatic N) is 2. The molecule has 154 valence electrons. The zero-order valence-corrected chi connectivity index (χ0v) is 17.5. The molecule has 0 radical (unpaired) electrons. The number of imide groups is 1. The second-order valence-electron chi connectivity index (χ2n) is 6.72. The van der Waals surface area contributed by atoms with Crippen LogP contribution in [0.2, 0.25) is 0 Å². The van der Waals surface area contributed by atoms with E-state index in [2.05, 4.69) is 15.0 Å². The lowest BCUT2D eigenvalue weighted by atomic mass is 10.2. The predicted octanol–water partition coefficient (Wildman–Crippen LogP) is 3.00. The first-order valence-corrected chi connectivity index (χ1v) is 11.4. The molecule has 2 aromatic carbocycles. The number of sulfonamides is 1. The van der Waals surface area contributed by atoms with Gasteiger partial charge in [0.25, 0.3) is 15.9 Å². The van der Waals surface area contributed by atoms with Crippen LogP contribution in [0.5, 0.6) is 0 Å². The minimum Gasteiger partial charge on any atom is -0.373 e. The van der Waals surface area contributed by atoms with Crippen molar-refractivity contribution in [2.75, 3.05) is 14.9 Å². The van der Waals surface area contributed by atoms with Crippen molar-refractivity contribution in [3.05, 3.63) is 65.7 Å². The summed E-state index contributed by atoms with van der Waals surface area (Å²) in [6, 6.07) is 12.5. The highest BCUT2D eigenvalue weighted by Crippen LogP contribution is 2.28. The van der Waals surface area contributed by atoms with Crippen LogP contribution >= 0.6 is 11.3 Å². The average molecular weight is 443 g/mol. The molecule has 1 atom stereocenters. The van der Waals surface area contributed by atoms with Crippen molar-refractivity contribution in [1.82, 2.24) is 4.98 Å². The van der Waals surface area contributed by atoms with E-state index in [1.807, 2.05) is 19.1 Å². The van der Waals surface area contributed by atoms with E-state index in [1.165, 1.54) is 34.6 Å². The molecular weight excluding hydrogens is 424 g/mol. The third-order valence-corrected chi connectivity index (χ3v) is 6.84. The summed E-state index contributed by atoms with van der Waals surface area (Å²) in [6.45, 7) is 1.84. The summed E-state index contributed by atoms with van der Waals surface area (Å²) in [4.78, 5) is 30.4. The van der Waals surface area contributed by atoms with Gasteiger partial charge in [0.1, 0.15) is 6.04 Å². The summed E-state index contributed by atoms with van der Waals surface area (Å²) in [7, 11) is -3.76. The quantitative estimate of drug-likeness (QED) is 0.568. The van der Waals surface area contributed by atoms with Crippen molar-refractivity contribution < 1.29 is 18.0 Å². The van der Waals surface area contributed by atoms with Crippen LogP contribution in [0, 0.1) is 6.92 Å². The standard InChI is InChI=1S/C20H18N4O4S2/c1-13-4-2-3-5-17(13)24-18(25)12-16(19(24)26)22-14-6-8-15(9-7-14)30(27,28)23-20-21-10-11-29-20/h2-11,16,22H,12H2,1H3,(H,21,23). The van der Waals surface area contributed by atoms with Gasteiger partial charge < -0.3 is 5.32 Å². The number of thiazole rings is 1. The fourth-order valence-electron chi connectivity index (χ4n) is 3.19. The van der Waals surface area contributed by atoms with Gasteiger partial charge in [-0.05, 0) is 42.8 Å². The van der Waals surface area contributed by atoms with Gasteiger partial charge in [-0.1, -0.05) is 18.2 Å². The molecule has 1 aliphatic rings. The largest absolute Gasteiger partial charge is 0.373 e. The molecule has 1 fully saturated rings. The third-order valence-electron chi connectivity index (χ3n) is 4.66. The summed E-state index contributed by atoms with van der Waals surface area (Å²) in [5.41, 5.74) is 1.95. The van der Waals surface area contributed by atoms with E-state index in [-0.39, 0.29) is 28.3 Å². The van der Waals surface area contributed by atoms with Gasteiger partial charge in [-0.25, -0.2) is 18.3 Å². The van der Waals surface area contributed by atoms with Crippen LogP contribution in [0.3, 0.4) is 0 Å². The smallest absolute Gasteiger partial charge is 0.263 e. The average Bonchev–Trinajstić information content (AvgIpc) is 3.31. The zero-order chi connectivity index (χ0) is 21.3. The van der Waals surface area contributed by atoms with Gasteiger partial charge in [-0.15, -0.1) is 11.3 Å². The second-order valence-corrected chi connectivity index (χ2v) is 9.30. The van der Waals surface area contributed by atoms with Gasteiger partial charge in [-0.3, -0.25) is 14.3 Å². The maximum Gasteiger partial charge on any atom is 0.263 e. The first kappa shape index (κ1) is 20.0. The van der Waals surface area contributed by atoms with Crippen molar-refractivity contribution in [1.29, 1.82) is 0 Å². The highest BCUT2D eigenvalue weighted by atomic mass is 32.2. The molecular formula is C20H18N4O4S2. The van der Waals surface area contributed by atoms with Crippen LogP contribution in [0.1, 0.15) is 12.0 Å². The van der Waals surface area contributed by atoms with E-state index in [9.17, 15) is 18.0 Å². The Hall–Kier alpha value is -3.24. The Balaban J connectivity index is 1.48. The van der Waals surface area contributed by atoms with E-state index in [0.29, 0.717) is 11.4 Å². The minimum atomic E-state index is -3.76. The Morgan fingerprint density at radius 2 is 1.83 bits per heavy atom. The van der Waals surface area contributed by atoms with Gasteiger partial charge in [0.15, 0.2) is 5.13 Å². The topological polar surface area (TPSA) is 108 Å². The van der Waals surface area contributed by atoms with Crippen LogP contribution in [0.4, 0.5) is 16.5 Å². The number of anilines is 3. The summed E-state index contributed by atoms with van der Waals surface area (Å²) >= 11 is 1.18. The molecule has 30 heavy (non-hydrogen) atoms. The number of aryl methyl sites for hydroxylation is 1. The predicted molar refractivity (Wildman–Crippen MR) is 115 cm³/mol. The van der Waals surface area contributed by atoms with Crippen molar-refractivity contribution >= 4 is 49.7 Å². The Morgan fingerprint density at radius 1 is 1.10 bits per heavy atom. The molecule has 2 amide bonds. The molecule has 0 aliphatic carbocycles. The maximum atomic E-state index is 12.8. The highest BCUT2D eigenvalue weighted by molar-refractivity contribution is 7.93. The SMILES string of the molecule is Cc1ccccc1N1C(=O)CC(Nc2ccc(S(=O)(=O)Nc3nccs3)cc2)C1=O. The van der Waals surface area contributed by atoms with Crippen LogP contribution < -0.4 is 14.9 Å². The molecule has 10 heteroatoms. The van der Waals surface area contributed by atoms with Crippen LogP contribution in [0.15, 0.2) is 65.0 Å². The first-order valence-electron chi connectivity index (χ1n) is 9.06. The highest BCUT2D eigenvalue weighted by Gasteiger charge is 2.40. The van der Waals surface area contributed by atoms with E-state index in [4.69, 9.17) is 0 Å². The number of carbonyl (C=O) groups excluding carboxylic acids is 2. The lowest BCUT2D eigenvalue weighted by molar-refractivity contribution is -0.121. The third kappa shape index (κ3) is 3.91. The van der Waals surface area contributed by atoms with Gasteiger partial charge in [0.2, 0.25) is 5.91 Å². The molecule has 8 nitrogen and oxygen atoms in total. The number of rotatable bonds is 6. The minimum absolute atomic E-state index is 0.0266. The summed E-state index contributed by atoms with van der Waals surface area (Å²) in [6.07, 6.45) is 1.54. The Bertz CT molecular complexity index is 1190. The molecule has 0 saturated carbocycles. The Morgan fingerprint density at radius 3 is 2.50 bits per heavy atom.